The molecule has 2 aromatic rings. The Kier molecular flexibility index (Phi) is 8.14. The summed E-state index contributed by atoms with van der Waals surface area (Å²) in [5.74, 6) is -1.52. The zero-order valence-corrected chi connectivity index (χ0v) is 37.9. The van der Waals surface area contributed by atoms with E-state index in [0.29, 0.717) is 22.6 Å². The summed E-state index contributed by atoms with van der Waals surface area (Å²) in [5.41, 5.74) is 0.719. The third-order valence-corrected chi connectivity index (χ3v) is 14.9. The Hall–Kier alpha value is -4.72. The number of carbonyl (C=O) groups is 4. The van der Waals surface area contributed by atoms with Crippen molar-refractivity contribution in [2.45, 2.75) is 131 Å². The first-order chi connectivity index (χ1) is 27.7. The maximum Gasteiger partial charge on any atom is 0.334 e. The smallest absolute Gasteiger partial charge is 0.334 e. The molecule has 4 spiro atoms. The maximum atomic E-state index is 16.2. The molecule has 0 fully saturated rings. The molecule has 0 saturated carbocycles. The largest absolute Gasteiger partial charge is 0.478 e. The summed E-state index contributed by atoms with van der Waals surface area (Å²) in [7, 11) is 2.73. The number of benzene rings is 2. The fraction of sp³-hybridized carbons (Fsp3) is 0.538. The molecule has 2 aromatic carbocycles. The Morgan fingerprint density at radius 2 is 0.850 bits per heavy atom. The van der Waals surface area contributed by atoms with Crippen LogP contribution in [0.1, 0.15) is 116 Å². The number of carbonyl (C=O) groups excluding carboxylic acids is 4. The molecule has 6 unspecified atom stereocenters. The maximum absolute atomic E-state index is 16.2. The van der Waals surface area contributed by atoms with Gasteiger partial charge in [0.2, 0.25) is 0 Å². The molecule has 0 aromatic heterocycles. The van der Waals surface area contributed by atoms with Gasteiger partial charge in [-0.15, -0.1) is 0 Å². The Morgan fingerprint density at radius 1 is 0.533 bits per heavy atom. The van der Waals surface area contributed by atoms with E-state index >= 15 is 9.59 Å². The molecular weight excluding hydrogens is 753 g/mol. The molecular formula is C52H60O8. The van der Waals surface area contributed by atoms with Crippen LogP contribution in [0.3, 0.4) is 0 Å². The fourth-order valence-corrected chi connectivity index (χ4v) is 11.8. The van der Waals surface area contributed by atoms with Gasteiger partial charge in [0.25, 0.3) is 0 Å². The van der Waals surface area contributed by atoms with Crippen molar-refractivity contribution >= 4 is 23.5 Å². The van der Waals surface area contributed by atoms with Crippen LogP contribution >= 0.6 is 0 Å². The minimum absolute atomic E-state index is 0.0954. The van der Waals surface area contributed by atoms with E-state index in [-0.39, 0.29) is 48.1 Å². The summed E-state index contributed by atoms with van der Waals surface area (Å²) < 4.78 is 25.8. The first-order valence-corrected chi connectivity index (χ1v) is 21.5. The molecule has 0 saturated heterocycles. The highest BCUT2D eigenvalue weighted by atomic mass is 16.5. The van der Waals surface area contributed by atoms with Crippen LogP contribution in [0, 0.1) is 33.5 Å². The van der Waals surface area contributed by atoms with Crippen molar-refractivity contribution in [1.29, 1.82) is 0 Å². The highest BCUT2D eigenvalue weighted by Gasteiger charge is 2.71. The van der Waals surface area contributed by atoms with Gasteiger partial charge < -0.3 is 18.9 Å². The van der Waals surface area contributed by atoms with Crippen molar-refractivity contribution in [1.82, 2.24) is 0 Å². The number of allylic oxidation sites excluding steroid dienone is 2. The number of esters is 2. The molecule has 60 heavy (non-hydrogen) atoms. The van der Waals surface area contributed by atoms with Crippen molar-refractivity contribution < 1.29 is 38.1 Å². The molecule has 3 heterocycles. The summed E-state index contributed by atoms with van der Waals surface area (Å²) in [5, 5.41) is 0. The van der Waals surface area contributed by atoms with Gasteiger partial charge in [-0.25, -0.2) is 9.59 Å². The quantitative estimate of drug-likeness (QED) is 0.219. The predicted molar refractivity (Wildman–Crippen MR) is 229 cm³/mol. The summed E-state index contributed by atoms with van der Waals surface area (Å²) in [6.07, 6.45) is 8.75. The zero-order chi connectivity index (χ0) is 43.7. The molecule has 8 nitrogen and oxygen atoms in total. The van der Waals surface area contributed by atoms with Crippen LogP contribution < -0.4 is 9.47 Å². The summed E-state index contributed by atoms with van der Waals surface area (Å²) in [6, 6.07) is 8.51. The van der Waals surface area contributed by atoms with Crippen LogP contribution in [0.2, 0.25) is 0 Å². The number of ether oxygens (including phenoxy) is 4. The van der Waals surface area contributed by atoms with Crippen LogP contribution in [0.5, 0.6) is 11.5 Å². The average molecular weight is 813 g/mol. The Morgan fingerprint density at radius 3 is 1.13 bits per heavy atom. The molecule has 8 bridgehead atoms. The van der Waals surface area contributed by atoms with Crippen LogP contribution in [-0.2, 0) is 65.2 Å². The second-order valence-corrected chi connectivity index (χ2v) is 22.8. The number of methoxy groups -OCH3 is 2. The van der Waals surface area contributed by atoms with E-state index in [1.54, 1.807) is 0 Å². The lowest BCUT2D eigenvalue weighted by molar-refractivity contribution is -0.151. The lowest BCUT2D eigenvalue weighted by Crippen LogP contribution is -2.65. The number of hydrogen-bond acceptors (Lipinski definition) is 8. The van der Waals surface area contributed by atoms with Crippen molar-refractivity contribution in [3.8, 4) is 11.5 Å². The van der Waals surface area contributed by atoms with E-state index in [0.717, 1.165) is 44.5 Å². The molecule has 6 atom stereocenters. The number of ketones is 2. The van der Waals surface area contributed by atoms with Gasteiger partial charge >= 0.3 is 11.9 Å². The molecule has 0 radical (unpaired) electrons. The monoisotopic (exact) mass is 812 g/mol. The van der Waals surface area contributed by atoms with Gasteiger partial charge in [-0.05, 0) is 67.9 Å². The van der Waals surface area contributed by atoms with Crippen LogP contribution in [0.15, 0.2) is 70.9 Å². The van der Waals surface area contributed by atoms with Crippen molar-refractivity contribution in [3.63, 3.8) is 0 Å². The number of rotatable bonds is 2. The second kappa shape index (κ2) is 12.0. The SMILES string of the molecule is COC(=O)C1=CC2C(C(C)(C)C)=CC13Cc1cc(C(C)(C)C)cc4c1OC1(C4)C(=O)C4(C=C(C(C)(C)C)C1C=C4C(=O)OC)Cc1cc(C(C)(C)C)cc4c1OC2(C4)C3=O. The lowest BCUT2D eigenvalue weighted by atomic mass is 9.50. The van der Waals surface area contributed by atoms with Gasteiger partial charge in [0.05, 0.1) is 36.2 Å². The molecule has 3 aliphatic heterocycles. The van der Waals surface area contributed by atoms with Gasteiger partial charge in [-0.1, -0.05) is 143 Å². The topological polar surface area (TPSA) is 105 Å². The van der Waals surface area contributed by atoms with E-state index in [1.807, 2.05) is 24.3 Å². The summed E-state index contributed by atoms with van der Waals surface area (Å²) in [6.45, 7) is 25.8. The molecule has 6 aliphatic carbocycles. The van der Waals surface area contributed by atoms with E-state index in [1.165, 1.54) is 14.2 Å². The van der Waals surface area contributed by atoms with Gasteiger partial charge in [-0.2, -0.15) is 0 Å². The molecule has 9 aliphatic rings. The average Bonchev–Trinajstić information content (AvgIpc) is 3.74. The standard InChI is InChI=1S/C52H60O8/c1-45(2,3)31-15-27-21-49-25-37(47(7,8)9)34(20-35(49)41(53)57-13)52(43(49)55)24-30-18-32(46(4,5)6)16-28(40(30)60-52)22-50-26-38(48(10,11)12)33(19-36(50)42(54)58-14)51(44(50)56)23-29(17-31)39(27)59-51/h15-20,25-26,33-34H,21-24H2,1-14H3. The zero-order valence-electron chi connectivity index (χ0n) is 37.9. The van der Waals surface area contributed by atoms with Crippen LogP contribution in [0.25, 0.3) is 0 Å². The third-order valence-electron chi connectivity index (χ3n) is 14.9. The first kappa shape index (κ1) is 40.7. The molecule has 316 valence electrons. The van der Waals surface area contributed by atoms with Crippen LogP contribution in [-0.4, -0.2) is 48.9 Å². The van der Waals surface area contributed by atoms with Crippen LogP contribution in [0.4, 0.5) is 0 Å². The van der Waals surface area contributed by atoms with Gasteiger partial charge in [-0.3, -0.25) is 9.59 Å². The molecule has 8 heteroatoms. The van der Waals surface area contributed by atoms with Crippen molar-refractivity contribution in [2.75, 3.05) is 14.2 Å². The summed E-state index contributed by atoms with van der Waals surface area (Å²) in [4.78, 5) is 60.6. The number of hydrogen-bond donors (Lipinski definition) is 0. The normalized spacial score (nSPS) is 31.0. The highest BCUT2D eigenvalue weighted by Crippen LogP contribution is 2.65. The van der Waals surface area contributed by atoms with Gasteiger partial charge in [0.1, 0.15) is 11.5 Å². The fourth-order valence-electron chi connectivity index (χ4n) is 11.8. The van der Waals surface area contributed by atoms with E-state index in [2.05, 4.69) is 107 Å². The second-order valence-electron chi connectivity index (χ2n) is 22.8. The summed E-state index contributed by atoms with van der Waals surface area (Å²) >= 11 is 0. The predicted octanol–water partition coefficient (Wildman–Crippen LogP) is 8.97. The Bertz CT molecular complexity index is 2320. The van der Waals surface area contributed by atoms with E-state index in [9.17, 15) is 9.59 Å². The first-order valence-electron chi connectivity index (χ1n) is 21.5. The van der Waals surface area contributed by atoms with Crippen molar-refractivity contribution in [2.24, 2.45) is 33.5 Å². The number of Topliss-reactive ketones (excluding diaryl/α,β-unsaturated/α-hetero) is 2. The van der Waals surface area contributed by atoms with Crippen molar-refractivity contribution in [3.05, 3.63) is 104 Å². The molecule has 0 N–H and O–H groups in total. The van der Waals surface area contributed by atoms with E-state index < -0.39 is 56.6 Å². The lowest BCUT2D eigenvalue weighted by Gasteiger charge is -2.54. The Balaban J connectivity index is 1.43. The third kappa shape index (κ3) is 5.20. The Labute approximate surface area is 354 Å². The minimum Gasteiger partial charge on any atom is -0.478 e. The minimum atomic E-state index is -1.47. The highest BCUT2D eigenvalue weighted by molar-refractivity contribution is 6.11. The molecule has 11 rings (SSSR count). The van der Waals surface area contributed by atoms with Gasteiger partial charge in [0, 0.05) is 24.7 Å². The van der Waals surface area contributed by atoms with Gasteiger partial charge in [0.15, 0.2) is 22.8 Å². The van der Waals surface area contributed by atoms with E-state index in [4.69, 9.17) is 18.9 Å². The molecule has 0 amide bonds.